The Morgan fingerprint density at radius 1 is 1.33 bits per heavy atom. The molecule has 3 heterocycles. The van der Waals surface area contributed by atoms with Crippen LogP contribution in [0.2, 0.25) is 0 Å². The van der Waals surface area contributed by atoms with Crippen LogP contribution in [0.4, 0.5) is 5.82 Å². The Morgan fingerprint density at radius 2 is 2.17 bits per heavy atom. The Kier molecular flexibility index (Phi) is 2.26. The van der Waals surface area contributed by atoms with Crippen LogP contribution in [0, 0.1) is 0 Å². The third-order valence-corrected chi connectivity index (χ3v) is 2.69. The van der Waals surface area contributed by atoms with Crippen molar-refractivity contribution in [1.82, 2.24) is 24.8 Å². The van der Waals surface area contributed by atoms with Crippen LogP contribution in [-0.4, -0.2) is 24.8 Å². The van der Waals surface area contributed by atoms with Crippen LogP contribution in [0.1, 0.15) is 19.9 Å². The molecule has 0 aliphatic heterocycles. The van der Waals surface area contributed by atoms with E-state index in [1.807, 2.05) is 30.5 Å². The number of pyridine rings is 1. The number of nitrogens with two attached hydrogens (primary N) is 1. The number of aromatic nitrogens is 5. The van der Waals surface area contributed by atoms with Crippen LogP contribution < -0.4 is 5.73 Å². The molecule has 0 atom stereocenters. The number of imidazole rings is 1. The van der Waals surface area contributed by atoms with Crippen molar-refractivity contribution in [2.45, 2.75) is 19.9 Å². The predicted octanol–water partition coefficient (Wildman–Crippen LogP) is 1.64. The maximum atomic E-state index is 5.72. The second-order valence-electron chi connectivity index (χ2n) is 4.24. The summed E-state index contributed by atoms with van der Waals surface area (Å²) in [7, 11) is 0. The Bertz CT molecular complexity index is 698. The van der Waals surface area contributed by atoms with Crippen molar-refractivity contribution in [2.24, 2.45) is 0 Å². The zero-order valence-corrected chi connectivity index (χ0v) is 10.0. The minimum Gasteiger partial charge on any atom is -0.379 e. The lowest BCUT2D eigenvalue weighted by atomic mass is 10.3. The quantitative estimate of drug-likeness (QED) is 0.736. The molecule has 0 unspecified atom stereocenters. The van der Waals surface area contributed by atoms with Gasteiger partial charge >= 0.3 is 0 Å². The number of nitrogen functional groups attached to an aromatic ring is 1. The van der Waals surface area contributed by atoms with Crippen molar-refractivity contribution in [3.8, 4) is 11.5 Å². The fraction of sp³-hybridized carbons (Fsp3) is 0.273. The largest absolute Gasteiger partial charge is 0.379 e. The highest BCUT2D eigenvalue weighted by molar-refractivity contribution is 5.78. The first-order chi connectivity index (χ1) is 8.68. The van der Waals surface area contributed by atoms with E-state index in [1.54, 1.807) is 6.20 Å². The lowest BCUT2D eigenvalue weighted by Crippen LogP contribution is -2.05. The summed E-state index contributed by atoms with van der Waals surface area (Å²) in [6.07, 6.45) is 1.73. The van der Waals surface area contributed by atoms with Crippen molar-refractivity contribution < 1.29 is 4.63 Å². The molecule has 0 aliphatic carbocycles. The van der Waals surface area contributed by atoms with Gasteiger partial charge in [-0.25, -0.2) is 14.6 Å². The van der Waals surface area contributed by atoms with Crippen molar-refractivity contribution >= 4 is 17.0 Å². The summed E-state index contributed by atoms with van der Waals surface area (Å²) in [4.78, 5) is 8.84. The van der Waals surface area contributed by atoms with Crippen LogP contribution in [0.25, 0.3) is 22.7 Å². The Hall–Kier alpha value is -2.44. The third-order valence-electron chi connectivity index (χ3n) is 2.69. The minimum atomic E-state index is 0.177. The van der Waals surface area contributed by atoms with Crippen LogP contribution in [-0.2, 0) is 0 Å². The summed E-state index contributed by atoms with van der Waals surface area (Å²) in [6.45, 7) is 4.09. The van der Waals surface area contributed by atoms with Gasteiger partial charge in [-0.05, 0) is 36.3 Å². The monoisotopic (exact) mass is 244 g/mol. The second kappa shape index (κ2) is 3.80. The molecule has 7 nitrogen and oxygen atoms in total. The third kappa shape index (κ3) is 1.44. The molecule has 3 rings (SSSR count). The molecule has 0 amide bonds. The molecule has 18 heavy (non-hydrogen) atoms. The molecular weight excluding hydrogens is 232 g/mol. The van der Waals surface area contributed by atoms with Crippen LogP contribution in [0.3, 0.4) is 0 Å². The van der Waals surface area contributed by atoms with Gasteiger partial charge in [0, 0.05) is 12.2 Å². The fourth-order valence-corrected chi connectivity index (χ4v) is 1.94. The Morgan fingerprint density at radius 3 is 2.83 bits per heavy atom. The van der Waals surface area contributed by atoms with Gasteiger partial charge in [0.25, 0.3) is 0 Å². The van der Waals surface area contributed by atoms with E-state index in [9.17, 15) is 0 Å². The first-order valence-corrected chi connectivity index (χ1v) is 5.60. The molecule has 0 spiro atoms. The molecule has 0 aromatic carbocycles. The topological polar surface area (TPSA) is 95.7 Å². The normalized spacial score (nSPS) is 11.5. The summed E-state index contributed by atoms with van der Waals surface area (Å²) >= 11 is 0. The van der Waals surface area contributed by atoms with E-state index in [4.69, 9.17) is 5.73 Å². The number of fused-ring (bicyclic) bond motifs is 1. The highest BCUT2D eigenvalue weighted by atomic mass is 16.6. The second-order valence-corrected chi connectivity index (χ2v) is 4.24. The van der Waals surface area contributed by atoms with Gasteiger partial charge in [-0.1, -0.05) is 0 Å². The van der Waals surface area contributed by atoms with Gasteiger partial charge in [0.1, 0.15) is 5.52 Å². The molecule has 0 bridgehead atoms. The van der Waals surface area contributed by atoms with Crippen molar-refractivity contribution in [3.05, 3.63) is 18.3 Å². The van der Waals surface area contributed by atoms with Crippen LogP contribution in [0.15, 0.2) is 23.0 Å². The number of anilines is 1. The van der Waals surface area contributed by atoms with Gasteiger partial charge in [0.15, 0.2) is 23.0 Å². The molecule has 0 saturated carbocycles. The van der Waals surface area contributed by atoms with E-state index in [0.29, 0.717) is 11.5 Å². The maximum Gasteiger partial charge on any atom is 0.199 e. The van der Waals surface area contributed by atoms with E-state index >= 15 is 0 Å². The average molecular weight is 244 g/mol. The highest BCUT2D eigenvalue weighted by Crippen LogP contribution is 2.28. The summed E-state index contributed by atoms with van der Waals surface area (Å²) in [5.41, 5.74) is 7.76. The van der Waals surface area contributed by atoms with E-state index in [0.717, 1.165) is 11.2 Å². The number of rotatable bonds is 2. The maximum absolute atomic E-state index is 5.72. The number of hydrogen-bond acceptors (Lipinski definition) is 6. The number of nitrogens with zero attached hydrogens (tertiary/aromatic N) is 5. The van der Waals surface area contributed by atoms with E-state index in [1.165, 1.54) is 0 Å². The lowest BCUT2D eigenvalue weighted by Gasteiger charge is -2.10. The van der Waals surface area contributed by atoms with Gasteiger partial charge in [-0.3, -0.25) is 0 Å². The van der Waals surface area contributed by atoms with Gasteiger partial charge in [0.2, 0.25) is 0 Å². The smallest absolute Gasteiger partial charge is 0.199 e. The molecule has 3 aromatic rings. The SMILES string of the molecule is CC(C)n1c(-c2nonc2N)nc2cccnc21. The first kappa shape index (κ1) is 10.7. The Balaban J connectivity index is 2.35. The van der Waals surface area contributed by atoms with Gasteiger partial charge in [-0.2, -0.15) is 0 Å². The summed E-state index contributed by atoms with van der Waals surface area (Å²) in [5, 5.41) is 7.38. The van der Waals surface area contributed by atoms with E-state index in [2.05, 4.69) is 24.9 Å². The van der Waals surface area contributed by atoms with Gasteiger partial charge in [0.05, 0.1) is 0 Å². The van der Waals surface area contributed by atoms with Crippen molar-refractivity contribution in [2.75, 3.05) is 5.73 Å². The molecule has 0 fully saturated rings. The standard InChI is InChI=1S/C11H12N6O/c1-6(2)17-10-7(4-3-5-13-10)14-11(17)8-9(12)16-18-15-8/h3-6H,1-2H3,(H2,12,16). The van der Waals surface area contributed by atoms with Crippen molar-refractivity contribution in [1.29, 1.82) is 0 Å². The molecule has 2 N–H and O–H groups in total. The van der Waals surface area contributed by atoms with Crippen molar-refractivity contribution in [3.63, 3.8) is 0 Å². The zero-order chi connectivity index (χ0) is 12.7. The summed E-state index contributed by atoms with van der Waals surface area (Å²) in [5.74, 6) is 0.852. The minimum absolute atomic E-state index is 0.177. The summed E-state index contributed by atoms with van der Waals surface area (Å²) in [6, 6.07) is 3.92. The molecule has 7 heteroatoms. The van der Waals surface area contributed by atoms with Crippen LogP contribution in [0.5, 0.6) is 0 Å². The van der Waals surface area contributed by atoms with Gasteiger partial charge < -0.3 is 10.3 Å². The molecule has 0 aliphatic rings. The lowest BCUT2D eigenvalue weighted by molar-refractivity contribution is 0.310. The Labute approximate surface area is 103 Å². The van der Waals surface area contributed by atoms with E-state index < -0.39 is 0 Å². The average Bonchev–Trinajstić information content (AvgIpc) is 2.91. The molecular formula is C11H12N6O. The summed E-state index contributed by atoms with van der Waals surface area (Å²) < 4.78 is 6.60. The number of hydrogen-bond donors (Lipinski definition) is 1. The molecule has 0 saturated heterocycles. The van der Waals surface area contributed by atoms with Gasteiger partial charge in [-0.15, -0.1) is 0 Å². The van der Waals surface area contributed by atoms with Crippen LogP contribution >= 0.6 is 0 Å². The zero-order valence-electron chi connectivity index (χ0n) is 10.0. The fourth-order valence-electron chi connectivity index (χ4n) is 1.94. The van der Waals surface area contributed by atoms with E-state index in [-0.39, 0.29) is 11.9 Å². The first-order valence-electron chi connectivity index (χ1n) is 5.60. The highest BCUT2D eigenvalue weighted by Gasteiger charge is 2.20. The molecule has 92 valence electrons. The molecule has 0 radical (unpaired) electrons. The molecule has 3 aromatic heterocycles. The predicted molar refractivity (Wildman–Crippen MR) is 65.6 cm³/mol.